The van der Waals surface area contributed by atoms with Crippen LogP contribution in [-0.4, -0.2) is 21.1 Å². The van der Waals surface area contributed by atoms with Crippen LogP contribution in [0.4, 0.5) is 6.01 Å². The van der Waals surface area contributed by atoms with Crippen LogP contribution < -0.4 is 5.32 Å². The lowest BCUT2D eigenvalue weighted by atomic mass is 10.1. The van der Waals surface area contributed by atoms with Crippen molar-refractivity contribution in [1.82, 2.24) is 15.2 Å². The Hall–Kier alpha value is -3.06. The Kier molecular flexibility index (Phi) is 3.99. The molecule has 0 aliphatic rings. The van der Waals surface area contributed by atoms with Crippen LogP contribution in [0, 0.1) is 6.92 Å². The maximum Gasteiger partial charge on any atom is 0.322 e. The third-order valence-electron chi connectivity index (χ3n) is 3.65. The third kappa shape index (κ3) is 3.41. The third-order valence-corrected chi connectivity index (χ3v) is 4.69. The summed E-state index contributed by atoms with van der Waals surface area (Å²) in [5, 5.41) is 10.8. The number of thiazole rings is 1. The largest absolute Gasteiger partial charge is 0.407 e. The standard InChI is InChI=1S/C18H14N4O2S/c1-11-6-8-12(9-7-11)10-15-21-22-18(24-15)20-16(23)17-19-13-4-2-3-5-14(13)25-17/h2-9H,10H2,1H3,(H,20,22,23). The van der Waals surface area contributed by atoms with Crippen LogP contribution in [0.3, 0.4) is 0 Å². The lowest BCUT2D eigenvalue weighted by molar-refractivity contribution is 0.102. The van der Waals surface area contributed by atoms with Gasteiger partial charge in [0, 0.05) is 0 Å². The summed E-state index contributed by atoms with van der Waals surface area (Å²) in [7, 11) is 0. The van der Waals surface area contributed by atoms with Crippen LogP contribution in [0.2, 0.25) is 0 Å². The molecule has 4 aromatic rings. The summed E-state index contributed by atoms with van der Waals surface area (Å²) in [5.74, 6) is 0.0928. The van der Waals surface area contributed by atoms with Crippen LogP contribution in [0.25, 0.3) is 10.2 Å². The number of hydrogen-bond acceptors (Lipinski definition) is 6. The molecule has 2 heterocycles. The Labute approximate surface area is 147 Å². The number of anilines is 1. The van der Waals surface area contributed by atoms with E-state index >= 15 is 0 Å². The second-order valence-electron chi connectivity index (χ2n) is 5.60. The normalized spacial score (nSPS) is 10.9. The molecular weight excluding hydrogens is 336 g/mol. The van der Waals surface area contributed by atoms with E-state index in [0.29, 0.717) is 17.3 Å². The molecule has 0 unspecified atom stereocenters. The molecule has 0 atom stereocenters. The smallest absolute Gasteiger partial charge is 0.322 e. The zero-order chi connectivity index (χ0) is 17.2. The second kappa shape index (κ2) is 6.45. The summed E-state index contributed by atoms with van der Waals surface area (Å²) in [6.45, 7) is 2.03. The molecule has 124 valence electrons. The minimum Gasteiger partial charge on any atom is -0.407 e. The highest BCUT2D eigenvalue weighted by molar-refractivity contribution is 7.20. The molecule has 2 aromatic carbocycles. The van der Waals surface area contributed by atoms with E-state index < -0.39 is 0 Å². The van der Waals surface area contributed by atoms with Gasteiger partial charge < -0.3 is 4.42 Å². The molecule has 0 saturated carbocycles. The Morgan fingerprint density at radius 2 is 1.92 bits per heavy atom. The molecule has 0 aliphatic carbocycles. The highest BCUT2D eigenvalue weighted by Crippen LogP contribution is 2.22. The van der Waals surface area contributed by atoms with Gasteiger partial charge in [0.15, 0.2) is 5.01 Å². The Bertz CT molecular complexity index is 1000. The number of para-hydroxylation sites is 1. The topological polar surface area (TPSA) is 80.9 Å². The Morgan fingerprint density at radius 1 is 1.12 bits per heavy atom. The van der Waals surface area contributed by atoms with Crippen molar-refractivity contribution in [3.8, 4) is 0 Å². The maximum absolute atomic E-state index is 12.3. The van der Waals surface area contributed by atoms with E-state index in [0.717, 1.165) is 15.8 Å². The van der Waals surface area contributed by atoms with Gasteiger partial charge >= 0.3 is 6.01 Å². The molecule has 1 N–H and O–H groups in total. The monoisotopic (exact) mass is 350 g/mol. The number of aromatic nitrogens is 3. The highest BCUT2D eigenvalue weighted by Gasteiger charge is 2.15. The van der Waals surface area contributed by atoms with Gasteiger partial charge in [0.2, 0.25) is 5.89 Å². The number of nitrogens with zero attached hydrogens (tertiary/aromatic N) is 3. The first kappa shape index (κ1) is 15.5. The van der Waals surface area contributed by atoms with Gasteiger partial charge in [0.1, 0.15) is 0 Å². The molecule has 6 nitrogen and oxygen atoms in total. The van der Waals surface area contributed by atoms with E-state index in [4.69, 9.17) is 4.42 Å². The number of carbonyl (C=O) groups is 1. The van der Waals surface area contributed by atoms with E-state index in [-0.39, 0.29) is 11.9 Å². The number of carbonyl (C=O) groups excluding carboxylic acids is 1. The van der Waals surface area contributed by atoms with E-state index in [2.05, 4.69) is 20.5 Å². The Morgan fingerprint density at radius 3 is 2.72 bits per heavy atom. The quantitative estimate of drug-likeness (QED) is 0.605. The molecule has 0 spiro atoms. The van der Waals surface area contributed by atoms with E-state index in [1.807, 2.05) is 55.5 Å². The number of hydrogen-bond donors (Lipinski definition) is 1. The first-order chi connectivity index (χ1) is 12.2. The number of aryl methyl sites for hydroxylation is 1. The zero-order valence-corrected chi connectivity index (χ0v) is 14.2. The fourth-order valence-corrected chi connectivity index (χ4v) is 3.24. The van der Waals surface area contributed by atoms with Gasteiger partial charge in [-0.3, -0.25) is 10.1 Å². The predicted molar refractivity (Wildman–Crippen MR) is 95.9 cm³/mol. The van der Waals surface area contributed by atoms with Gasteiger partial charge in [-0.1, -0.05) is 47.1 Å². The summed E-state index contributed by atoms with van der Waals surface area (Å²) in [4.78, 5) is 16.6. The number of rotatable bonds is 4. The summed E-state index contributed by atoms with van der Waals surface area (Å²) >= 11 is 1.32. The van der Waals surface area contributed by atoms with Gasteiger partial charge in [-0.2, -0.15) is 0 Å². The van der Waals surface area contributed by atoms with E-state index in [9.17, 15) is 4.79 Å². The molecule has 0 saturated heterocycles. The summed E-state index contributed by atoms with van der Waals surface area (Å²) in [6, 6.07) is 15.8. The zero-order valence-electron chi connectivity index (χ0n) is 13.4. The number of amides is 1. The first-order valence-corrected chi connectivity index (χ1v) is 8.54. The van der Waals surface area contributed by atoms with Crippen LogP contribution in [0.5, 0.6) is 0 Å². The van der Waals surface area contributed by atoms with Gasteiger partial charge in [0.05, 0.1) is 16.6 Å². The van der Waals surface area contributed by atoms with Gasteiger partial charge in [0.25, 0.3) is 5.91 Å². The first-order valence-electron chi connectivity index (χ1n) is 7.72. The number of fused-ring (bicyclic) bond motifs is 1. The van der Waals surface area contributed by atoms with Gasteiger partial charge in [-0.05, 0) is 24.6 Å². The van der Waals surface area contributed by atoms with Gasteiger partial charge in [-0.15, -0.1) is 16.4 Å². The van der Waals surface area contributed by atoms with Crippen LogP contribution in [0.15, 0.2) is 52.9 Å². The molecule has 4 rings (SSSR count). The highest BCUT2D eigenvalue weighted by atomic mass is 32.1. The van der Waals surface area contributed by atoms with Crippen molar-refractivity contribution < 1.29 is 9.21 Å². The van der Waals surface area contributed by atoms with Crippen molar-refractivity contribution in [2.45, 2.75) is 13.3 Å². The van der Waals surface area contributed by atoms with Crippen molar-refractivity contribution in [2.24, 2.45) is 0 Å². The molecule has 0 fully saturated rings. The molecule has 1 amide bonds. The number of nitrogens with one attached hydrogen (secondary N) is 1. The molecule has 7 heteroatoms. The average molecular weight is 350 g/mol. The van der Waals surface area contributed by atoms with Crippen molar-refractivity contribution in [2.75, 3.05) is 5.32 Å². The van der Waals surface area contributed by atoms with E-state index in [1.54, 1.807) is 0 Å². The van der Waals surface area contributed by atoms with Crippen LogP contribution >= 0.6 is 11.3 Å². The summed E-state index contributed by atoms with van der Waals surface area (Å²) in [6.07, 6.45) is 0.518. The molecule has 0 bridgehead atoms. The van der Waals surface area contributed by atoms with E-state index in [1.165, 1.54) is 16.9 Å². The summed E-state index contributed by atoms with van der Waals surface area (Å²) < 4.78 is 6.46. The lowest BCUT2D eigenvalue weighted by Crippen LogP contribution is -2.11. The molecule has 25 heavy (non-hydrogen) atoms. The molecule has 0 aliphatic heterocycles. The fraction of sp³-hybridized carbons (Fsp3) is 0.111. The van der Waals surface area contributed by atoms with Crippen LogP contribution in [-0.2, 0) is 6.42 Å². The molecule has 2 aromatic heterocycles. The fourth-order valence-electron chi connectivity index (χ4n) is 2.38. The summed E-state index contributed by atoms with van der Waals surface area (Å²) in [5.41, 5.74) is 3.06. The van der Waals surface area contributed by atoms with Gasteiger partial charge in [-0.25, -0.2) is 4.98 Å². The Balaban J connectivity index is 1.46. The number of benzene rings is 2. The van der Waals surface area contributed by atoms with Crippen molar-refractivity contribution in [3.05, 3.63) is 70.6 Å². The van der Waals surface area contributed by atoms with Crippen molar-refractivity contribution >= 4 is 33.5 Å². The SMILES string of the molecule is Cc1ccc(Cc2nnc(NC(=O)c3nc4ccccc4s3)o2)cc1. The van der Waals surface area contributed by atoms with Crippen LogP contribution in [0.1, 0.15) is 26.8 Å². The average Bonchev–Trinajstić information content (AvgIpc) is 3.23. The van der Waals surface area contributed by atoms with Crippen molar-refractivity contribution in [1.29, 1.82) is 0 Å². The van der Waals surface area contributed by atoms with Crippen molar-refractivity contribution in [3.63, 3.8) is 0 Å². The lowest BCUT2D eigenvalue weighted by Gasteiger charge is -1.98. The molecular formula is C18H14N4O2S. The minimum atomic E-state index is -0.355. The molecule has 0 radical (unpaired) electrons. The minimum absolute atomic E-state index is 0.0753. The second-order valence-corrected chi connectivity index (χ2v) is 6.63. The maximum atomic E-state index is 12.3. The predicted octanol–water partition coefficient (Wildman–Crippen LogP) is 3.83.